The Morgan fingerprint density at radius 1 is 0.383 bits per heavy atom. The van der Waals surface area contributed by atoms with Crippen LogP contribution in [0.25, 0.3) is 87.4 Å². The summed E-state index contributed by atoms with van der Waals surface area (Å²) < 4.78 is 1.25. The molecule has 0 saturated carbocycles. The van der Waals surface area contributed by atoms with Gasteiger partial charge >= 0.3 is 0 Å². The van der Waals surface area contributed by atoms with Gasteiger partial charge in [0, 0.05) is 43.1 Å². The van der Waals surface area contributed by atoms with Gasteiger partial charge in [-0.05, 0) is 41.0 Å². The monoisotopic (exact) mass is 617 g/mol. The summed E-state index contributed by atoms with van der Waals surface area (Å²) in [6.07, 6.45) is 0. The van der Waals surface area contributed by atoms with Crippen LogP contribution in [-0.4, -0.2) is 15.0 Å². The number of benzene rings is 6. The number of fused-ring (bicyclic) bond motifs is 4. The van der Waals surface area contributed by atoms with Gasteiger partial charge in [-0.1, -0.05) is 140 Å². The molecule has 0 amide bonds. The molecule has 0 aliphatic carbocycles. The highest BCUT2D eigenvalue weighted by molar-refractivity contribution is 7.25. The van der Waals surface area contributed by atoms with E-state index < -0.39 is 0 Å². The molecule has 0 atom stereocenters. The molecule has 9 aromatic rings. The Kier molecular flexibility index (Phi) is 6.65. The van der Waals surface area contributed by atoms with E-state index in [1.807, 2.05) is 24.3 Å². The van der Waals surface area contributed by atoms with Crippen molar-refractivity contribution in [3.05, 3.63) is 164 Å². The van der Waals surface area contributed by atoms with Crippen molar-refractivity contribution in [2.24, 2.45) is 0 Å². The summed E-state index contributed by atoms with van der Waals surface area (Å²) in [5, 5.41) is 3.62. The lowest BCUT2D eigenvalue weighted by Crippen LogP contribution is -1.96. The van der Waals surface area contributed by atoms with E-state index in [0.29, 0.717) is 5.82 Å². The van der Waals surface area contributed by atoms with Gasteiger partial charge in [-0.25, -0.2) is 15.0 Å². The molecule has 0 radical (unpaired) electrons. The van der Waals surface area contributed by atoms with Gasteiger partial charge in [0.2, 0.25) is 0 Å². The zero-order valence-electron chi connectivity index (χ0n) is 25.3. The summed E-state index contributed by atoms with van der Waals surface area (Å²) in [7, 11) is 0. The van der Waals surface area contributed by atoms with Gasteiger partial charge in [0.15, 0.2) is 5.82 Å². The van der Waals surface area contributed by atoms with Gasteiger partial charge in [-0.2, -0.15) is 0 Å². The molecule has 0 unspecified atom stereocenters. The molecule has 0 bridgehead atoms. The molecule has 3 heterocycles. The largest absolute Gasteiger partial charge is 0.237 e. The average Bonchev–Trinajstić information content (AvgIpc) is 3.52. The summed E-state index contributed by atoms with van der Waals surface area (Å²) in [6, 6.07) is 57.3. The maximum absolute atomic E-state index is 5.10. The minimum Gasteiger partial charge on any atom is -0.237 e. The normalized spacial score (nSPS) is 11.4. The zero-order chi connectivity index (χ0) is 31.2. The Balaban J connectivity index is 1.19. The highest BCUT2D eigenvalue weighted by Gasteiger charge is 2.17. The number of rotatable bonds is 5. The van der Waals surface area contributed by atoms with Crippen LogP contribution in [0.4, 0.5) is 0 Å². The summed E-state index contributed by atoms with van der Waals surface area (Å²) >= 11 is 1.76. The second kappa shape index (κ2) is 11.4. The Bertz CT molecular complexity index is 2550. The van der Waals surface area contributed by atoms with E-state index in [9.17, 15) is 0 Å². The minimum atomic E-state index is 0.707. The van der Waals surface area contributed by atoms with Crippen LogP contribution in [0.2, 0.25) is 0 Å². The third kappa shape index (κ3) is 4.96. The van der Waals surface area contributed by atoms with Crippen molar-refractivity contribution in [3.63, 3.8) is 0 Å². The van der Waals surface area contributed by atoms with Crippen molar-refractivity contribution in [3.8, 4) is 56.2 Å². The second-order valence-electron chi connectivity index (χ2n) is 11.6. The molecule has 0 aliphatic heterocycles. The molecule has 4 heteroatoms. The summed E-state index contributed by atoms with van der Waals surface area (Å²) in [5.41, 5.74) is 10.6. The summed E-state index contributed by atoms with van der Waals surface area (Å²) in [6.45, 7) is 0. The second-order valence-corrected chi connectivity index (χ2v) is 12.7. The van der Waals surface area contributed by atoms with Crippen LogP contribution in [0.5, 0.6) is 0 Å². The zero-order valence-corrected chi connectivity index (χ0v) is 26.2. The maximum atomic E-state index is 5.10. The molecule has 0 saturated heterocycles. The molecular weight excluding hydrogens is 591 g/mol. The highest BCUT2D eigenvalue weighted by atomic mass is 32.1. The van der Waals surface area contributed by atoms with Crippen molar-refractivity contribution in [2.45, 2.75) is 0 Å². The first-order valence-electron chi connectivity index (χ1n) is 15.7. The van der Waals surface area contributed by atoms with E-state index in [0.717, 1.165) is 54.9 Å². The molecule has 3 nitrogen and oxygen atoms in total. The third-order valence-corrected chi connectivity index (χ3v) is 9.78. The van der Waals surface area contributed by atoms with E-state index in [4.69, 9.17) is 15.0 Å². The van der Waals surface area contributed by atoms with Crippen molar-refractivity contribution >= 4 is 42.5 Å². The lowest BCUT2D eigenvalue weighted by molar-refractivity contribution is 1.18. The molecule has 3 aromatic heterocycles. The standard InChI is InChI=1S/C43H27N3S/c1-3-12-28(13-4-1)32-16-11-17-33(26-32)38-27-37(44-42(45-38)31-14-5-2-6-15-31)29-22-24-30(25-23-29)40-34-18-7-9-20-36(34)46-43-41(40)35-19-8-10-21-39(35)47-43/h1-27H. The average molecular weight is 618 g/mol. The number of nitrogens with zero attached hydrogens (tertiary/aromatic N) is 3. The van der Waals surface area contributed by atoms with Crippen LogP contribution < -0.4 is 0 Å². The Hall–Kier alpha value is -5.97. The first kappa shape index (κ1) is 27.3. The number of thiophene rings is 1. The van der Waals surface area contributed by atoms with Crippen LogP contribution in [0, 0.1) is 0 Å². The van der Waals surface area contributed by atoms with E-state index in [2.05, 4.69) is 140 Å². The minimum absolute atomic E-state index is 0.707. The number of hydrogen-bond donors (Lipinski definition) is 0. The van der Waals surface area contributed by atoms with Crippen LogP contribution in [-0.2, 0) is 0 Å². The van der Waals surface area contributed by atoms with Gasteiger partial charge in [-0.15, -0.1) is 11.3 Å². The molecule has 0 N–H and O–H groups in total. The molecule has 0 aliphatic rings. The van der Waals surface area contributed by atoms with Gasteiger partial charge < -0.3 is 0 Å². The van der Waals surface area contributed by atoms with E-state index in [-0.39, 0.29) is 0 Å². The number of pyridine rings is 1. The van der Waals surface area contributed by atoms with Crippen molar-refractivity contribution in [2.75, 3.05) is 0 Å². The molecule has 6 aromatic carbocycles. The molecule has 0 fully saturated rings. The number of para-hydroxylation sites is 1. The van der Waals surface area contributed by atoms with Gasteiger partial charge in [0.1, 0.15) is 4.83 Å². The lowest BCUT2D eigenvalue weighted by Gasteiger charge is -2.12. The van der Waals surface area contributed by atoms with Gasteiger partial charge in [-0.3, -0.25) is 0 Å². The quantitative estimate of drug-likeness (QED) is 0.193. The molecule has 47 heavy (non-hydrogen) atoms. The fourth-order valence-corrected chi connectivity index (χ4v) is 7.53. The Morgan fingerprint density at radius 2 is 0.979 bits per heavy atom. The highest BCUT2D eigenvalue weighted by Crippen LogP contribution is 2.43. The van der Waals surface area contributed by atoms with Gasteiger partial charge in [0.25, 0.3) is 0 Å². The fraction of sp³-hybridized carbons (Fsp3) is 0. The summed E-state index contributed by atoms with van der Waals surface area (Å²) in [4.78, 5) is 16.3. The predicted octanol–water partition coefficient (Wildman–Crippen LogP) is 11.7. The Labute approximate surface area is 276 Å². The predicted molar refractivity (Wildman–Crippen MR) is 197 cm³/mol. The van der Waals surface area contributed by atoms with Crippen LogP contribution in [0.1, 0.15) is 0 Å². The smallest absolute Gasteiger partial charge is 0.160 e. The van der Waals surface area contributed by atoms with Crippen LogP contribution in [0.3, 0.4) is 0 Å². The number of aromatic nitrogens is 3. The fourth-order valence-electron chi connectivity index (χ4n) is 6.44. The van der Waals surface area contributed by atoms with Gasteiger partial charge in [0.05, 0.1) is 16.9 Å². The Morgan fingerprint density at radius 3 is 1.77 bits per heavy atom. The summed E-state index contributed by atoms with van der Waals surface area (Å²) in [5.74, 6) is 0.707. The van der Waals surface area contributed by atoms with Crippen molar-refractivity contribution < 1.29 is 0 Å². The number of hydrogen-bond acceptors (Lipinski definition) is 4. The molecular formula is C43H27N3S. The molecule has 0 spiro atoms. The first-order valence-corrected chi connectivity index (χ1v) is 16.5. The van der Waals surface area contributed by atoms with Crippen molar-refractivity contribution in [1.29, 1.82) is 0 Å². The lowest BCUT2D eigenvalue weighted by atomic mass is 9.95. The van der Waals surface area contributed by atoms with E-state index >= 15 is 0 Å². The topological polar surface area (TPSA) is 38.7 Å². The van der Waals surface area contributed by atoms with E-state index in [1.165, 1.54) is 26.6 Å². The SMILES string of the molecule is c1ccc(-c2cccc(-c3cc(-c4ccc(-c5c6ccccc6nc6sc7ccccc7c56)cc4)nc(-c4ccccc4)n3)c2)cc1. The van der Waals surface area contributed by atoms with E-state index in [1.54, 1.807) is 11.3 Å². The maximum Gasteiger partial charge on any atom is 0.160 e. The van der Waals surface area contributed by atoms with Crippen molar-refractivity contribution in [1.82, 2.24) is 15.0 Å². The van der Waals surface area contributed by atoms with Crippen LogP contribution in [0.15, 0.2) is 164 Å². The molecule has 220 valence electrons. The molecule has 9 rings (SSSR count). The van der Waals surface area contributed by atoms with Crippen LogP contribution >= 0.6 is 11.3 Å². The third-order valence-electron chi connectivity index (χ3n) is 8.72. The first-order chi connectivity index (χ1) is 23.3.